The van der Waals surface area contributed by atoms with Crippen molar-refractivity contribution in [2.75, 3.05) is 18.9 Å². The number of thioether (sulfide) groups is 1. The maximum Gasteiger partial charge on any atom is 0.0610 e. The molecular weight excluding hydrogens is 290 g/mol. The number of rotatable bonds is 10. The van der Waals surface area contributed by atoms with E-state index in [2.05, 4.69) is 25.2 Å². The normalized spacial score (nSPS) is 14.2. The Morgan fingerprint density at radius 2 is 2.10 bits per heavy atom. The zero-order valence-corrected chi connectivity index (χ0v) is 14.1. The van der Waals surface area contributed by atoms with Gasteiger partial charge in [0.2, 0.25) is 0 Å². The molecular formula is C16H26ClNOS. The van der Waals surface area contributed by atoms with E-state index in [1.807, 2.05) is 30.0 Å². The highest BCUT2D eigenvalue weighted by atomic mass is 35.5. The van der Waals surface area contributed by atoms with Crippen molar-refractivity contribution in [2.24, 2.45) is 0 Å². The maximum absolute atomic E-state index is 9.50. The van der Waals surface area contributed by atoms with E-state index in [0.717, 1.165) is 42.3 Å². The summed E-state index contributed by atoms with van der Waals surface area (Å²) in [5.41, 5.74) is 1.06. The van der Waals surface area contributed by atoms with Crippen LogP contribution in [0.5, 0.6) is 0 Å². The van der Waals surface area contributed by atoms with Gasteiger partial charge in [-0.3, -0.25) is 0 Å². The standard InChI is InChI=1S/C16H26ClNOS/c1-3-10-18-16(2,13-19)9-6-11-20-12-14-7-4-5-8-15(14)17/h4-5,7-8,18-19H,3,6,9-13H2,1-2H3. The van der Waals surface area contributed by atoms with Crippen LogP contribution >= 0.6 is 23.4 Å². The Balaban J connectivity index is 2.22. The number of hydrogen-bond donors (Lipinski definition) is 2. The fraction of sp³-hybridized carbons (Fsp3) is 0.625. The SMILES string of the molecule is CCCNC(C)(CO)CCCSCc1ccccc1Cl. The minimum atomic E-state index is -0.138. The van der Waals surface area contributed by atoms with E-state index in [1.54, 1.807) is 0 Å². The van der Waals surface area contributed by atoms with Crippen LogP contribution in [0.1, 0.15) is 38.7 Å². The second kappa shape index (κ2) is 9.67. The molecule has 0 saturated carbocycles. The van der Waals surface area contributed by atoms with Gasteiger partial charge < -0.3 is 10.4 Å². The number of hydrogen-bond acceptors (Lipinski definition) is 3. The molecule has 0 saturated heterocycles. The maximum atomic E-state index is 9.50. The topological polar surface area (TPSA) is 32.3 Å². The van der Waals surface area contributed by atoms with Crippen LogP contribution in [0.4, 0.5) is 0 Å². The molecule has 0 aliphatic heterocycles. The number of benzene rings is 1. The van der Waals surface area contributed by atoms with Gasteiger partial charge in [0.1, 0.15) is 0 Å². The summed E-state index contributed by atoms with van der Waals surface area (Å²) in [6.45, 7) is 5.40. The predicted octanol–water partition coefficient (Wildman–Crippen LogP) is 4.10. The van der Waals surface area contributed by atoms with Gasteiger partial charge >= 0.3 is 0 Å². The number of halogens is 1. The van der Waals surface area contributed by atoms with Crippen LogP contribution < -0.4 is 5.32 Å². The molecule has 1 aromatic rings. The van der Waals surface area contributed by atoms with Crippen LogP contribution in [0.3, 0.4) is 0 Å². The van der Waals surface area contributed by atoms with Crippen molar-refractivity contribution < 1.29 is 5.11 Å². The summed E-state index contributed by atoms with van der Waals surface area (Å²) in [4.78, 5) is 0. The van der Waals surface area contributed by atoms with Gasteiger partial charge in [-0.25, -0.2) is 0 Å². The largest absolute Gasteiger partial charge is 0.394 e. The van der Waals surface area contributed by atoms with Crippen molar-refractivity contribution in [3.8, 4) is 0 Å². The molecule has 20 heavy (non-hydrogen) atoms. The first kappa shape index (κ1) is 17.8. The van der Waals surface area contributed by atoms with Gasteiger partial charge in [-0.15, -0.1) is 0 Å². The molecule has 1 atom stereocenters. The Bertz CT molecular complexity index is 388. The minimum absolute atomic E-state index is 0.138. The van der Waals surface area contributed by atoms with E-state index < -0.39 is 0 Å². The Hall–Kier alpha value is -0.220. The highest BCUT2D eigenvalue weighted by Crippen LogP contribution is 2.22. The van der Waals surface area contributed by atoms with E-state index >= 15 is 0 Å². The molecule has 0 bridgehead atoms. The second-order valence-electron chi connectivity index (χ2n) is 5.39. The van der Waals surface area contributed by atoms with E-state index in [-0.39, 0.29) is 12.1 Å². The molecule has 0 radical (unpaired) electrons. The quantitative estimate of drug-likeness (QED) is 0.637. The van der Waals surface area contributed by atoms with Crippen molar-refractivity contribution in [2.45, 2.75) is 44.4 Å². The average molecular weight is 316 g/mol. The van der Waals surface area contributed by atoms with Gasteiger partial charge in [0.15, 0.2) is 0 Å². The third-order valence-electron chi connectivity index (χ3n) is 3.38. The Labute approximate surface area is 132 Å². The third-order valence-corrected chi connectivity index (χ3v) is 4.84. The number of aliphatic hydroxyl groups excluding tert-OH is 1. The second-order valence-corrected chi connectivity index (χ2v) is 6.91. The number of aliphatic hydroxyl groups is 1. The van der Waals surface area contributed by atoms with Crippen LogP contribution in [0.25, 0.3) is 0 Å². The smallest absolute Gasteiger partial charge is 0.0610 e. The lowest BCUT2D eigenvalue weighted by molar-refractivity contribution is 0.165. The molecule has 0 amide bonds. The fourth-order valence-corrected chi connectivity index (χ4v) is 3.26. The van der Waals surface area contributed by atoms with Crippen LogP contribution in [0, 0.1) is 0 Å². The molecule has 1 rings (SSSR count). The molecule has 4 heteroatoms. The van der Waals surface area contributed by atoms with E-state index in [0.29, 0.717) is 0 Å². The lowest BCUT2D eigenvalue weighted by Crippen LogP contribution is -2.46. The molecule has 1 unspecified atom stereocenters. The van der Waals surface area contributed by atoms with Crippen LogP contribution in [0.2, 0.25) is 5.02 Å². The van der Waals surface area contributed by atoms with E-state index in [1.165, 1.54) is 5.56 Å². The van der Waals surface area contributed by atoms with Gasteiger partial charge in [-0.1, -0.05) is 36.7 Å². The molecule has 0 spiro atoms. The van der Waals surface area contributed by atoms with E-state index in [4.69, 9.17) is 11.6 Å². The van der Waals surface area contributed by atoms with E-state index in [9.17, 15) is 5.11 Å². The van der Waals surface area contributed by atoms with Crippen LogP contribution in [-0.4, -0.2) is 29.5 Å². The summed E-state index contributed by atoms with van der Waals surface area (Å²) >= 11 is 8.03. The van der Waals surface area contributed by atoms with Gasteiger partial charge in [-0.2, -0.15) is 11.8 Å². The summed E-state index contributed by atoms with van der Waals surface area (Å²) in [5.74, 6) is 2.05. The zero-order valence-electron chi connectivity index (χ0n) is 12.5. The fourth-order valence-electron chi connectivity index (χ4n) is 2.01. The molecule has 0 heterocycles. The van der Waals surface area contributed by atoms with Crippen molar-refractivity contribution >= 4 is 23.4 Å². The molecule has 2 nitrogen and oxygen atoms in total. The van der Waals surface area contributed by atoms with Gasteiger partial charge in [-0.05, 0) is 50.1 Å². The summed E-state index contributed by atoms with van der Waals surface area (Å²) < 4.78 is 0. The Morgan fingerprint density at radius 3 is 2.75 bits per heavy atom. The highest BCUT2D eigenvalue weighted by Gasteiger charge is 2.21. The molecule has 114 valence electrons. The van der Waals surface area contributed by atoms with Crippen molar-refractivity contribution in [1.29, 1.82) is 0 Å². The Kier molecular flexibility index (Phi) is 8.62. The first-order chi connectivity index (χ1) is 9.61. The zero-order chi connectivity index (χ0) is 14.8. The minimum Gasteiger partial charge on any atom is -0.394 e. The summed E-state index contributed by atoms with van der Waals surface area (Å²) in [7, 11) is 0. The molecule has 2 N–H and O–H groups in total. The lowest BCUT2D eigenvalue weighted by Gasteiger charge is -2.28. The van der Waals surface area contributed by atoms with Crippen LogP contribution in [-0.2, 0) is 5.75 Å². The van der Waals surface area contributed by atoms with Gasteiger partial charge in [0, 0.05) is 16.3 Å². The summed E-state index contributed by atoms with van der Waals surface area (Å²) in [6.07, 6.45) is 3.19. The third kappa shape index (κ3) is 6.49. The summed E-state index contributed by atoms with van der Waals surface area (Å²) in [5, 5.41) is 13.8. The Morgan fingerprint density at radius 1 is 1.35 bits per heavy atom. The first-order valence-corrected chi connectivity index (χ1v) is 8.81. The average Bonchev–Trinajstić information content (AvgIpc) is 2.46. The lowest BCUT2D eigenvalue weighted by atomic mass is 9.97. The predicted molar refractivity (Wildman–Crippen MR) is 90.6 cm³/mol. The highest BCUT2D eigenvalue weighted by molar-refractivity contribution is 7.98. The van der Waals surface area contributed by atoms with Gasteiger partial charge in [0.25, 0.3) is 0 Å². The first-order valence-electron chi connectivity index (χ1n) is 7.28. The van der Waals surface area contributed by atoms with Crippen molar-refractivity contribution in [1.82, 2.24) is 5.32 Å². The van der Waals surface area contributed by atoms with Crippen LogP contribution in [0.15, 0.2) is 24.3 Å². The molecule has 0 aliphatic carbocycles. The molecule has 1 aromatic carbocycles. The van der Waals surface area contributed by atoms with Crippen molar-refractivity contribution in [3.05, 3.63) is 34.9 Å². The van der Waals surface area contributed by atoms with Crippen molar-refractivity contribution in [3.63, 3.8) is 0 Å². The molecule has 0 fully saturated rings. The number of nitrogens with one attached hydrogen (secondary N) is 1. The molecule has 0 aliphatic rings. The van der Waals surface area contributed by atoms with Gasteiger partial charge in [0.05, 0.1) is 6.61 Å². The monoisotopic (exact) mass is 315 g/mol. The molecule has 0 aromatic heterocycles. The summed E-state index contributed by atoms with van der Waals surface area (Å²) in [6, 6.07) is 8.01.